The lowest BCUT2D eigenvalue weighted by Gasteiger charge is -1.91. The number of nitrogens with zero attached hydrogens (tertiary/aromatic N) is 4. The van der Waals surface area contributed by atoms with E-state index in [4.69, 9.17) is 0 Å². The second-order valence-corrected chi connectivity index (χ2v) is 2.99. The van der Waals surface area contributed by atoms with Crippen molar-refractivity contribution in [1.82, 2.24) is 20.2 Å². The second kappa shape index (κ2) is 5.50. The molecule has 2 heterocycles. The maximum absolute atomic E-state index is 4.18. The Morgan fingerprint density at radius 1 is 0.750 bits per heavy atom. The normalized spacial score (nSPS) is 9.25. The Labute approximate surface area is 93.0 Å². The first-order chi connectivity index (χ1) is 7.97. The van der Waals surface area contributed by atoms with Gasteiger partial charge >= 0.3 is 0 Å². The third-order valence-corrected chi connectivity index (χ3v) is 1.92. The molecular weight excluding hydrogens is 200 g/mol. The molecule has 0 spiro atoms. The molecule has 0 aliphatic rings. The Morgan fingerprint density at radius 2 is 1.62 bits per heavy atom. The number of aromatic nitrogens is 4. The van der Waals surface area contributed by atoms with Crippen LogP contribution in [-0.4, -0.2) is 20.2 Å². The van der Waals surface area contributed by atoms with E-state index < -0.39 is 0 Å². The van der Waals surface area contributed by atoms with Gasteiger partial charge in [0.15, 0.2) is 0 Å². The summed E-state index contributed by atoms with van der Waals surface area (Å²) in [5.41, 5.74) is 1.06. The van der Waals surface area contributed by atoms with Gasteiger partial charge in [-0.05, 0) is 12.1 Å². The smallest absolute Gasteiger partial charge is 0.138 e. The van der Waals surface area contributed by atoms with Gasteiger partial charge in [0.25, 0.3) is 0 Å². The van der Waals surface area contributed by atoms with Gasteiger partial charge in [-0.15, -0.1) is 5.10 Å². The first-order valence-corrected chi connectivity index (χ1v) is 4.83. The van der Waals surface area contributed by atoms with Crippen molar-refractivity contribution in [1.29, 1.82) is 0 Å². The molecule has 16 heavy (non-hydrogen) atoms. The largest absolute Gasteiger partial charge is 0.256 e. The standard InChI is InChI=1S/C9H7N.C3H3N3/c1-2-6-9-8(4-1)5-3-7-10-9;1-2-5-6-3-4-1/h1-7H;1-3H. The average molecular weight is 210 g/mol. The summed E-state index contributed by atoms with van der Waals surface area (Å²) < 4.78 is 0. The minimum Gasteiger partial charge on any atom is -0.256 e. The predicted molar refractivity (Wildman–Crippen MR) is 61.6 cm³/mol. The molecule has 2 aromatic heterocycles. The van der Waals surface area contributed by atoms with E-state index >= 15 is 0 Å². The monoisotopic (exact) mass is 210 g/mol. The van der Waals surface area contributed by atoms with E-state index in [1.54, 1.807) is 6.20 Å². The summed E-state index contributed by atoms with van der Waals surface area (Å²) in [6, 6.07) is 12.1. The van der Waals surface area contributed by atoms with Gasteiger partial charge in [-0.1, -0.05) is 24.3 Å². The van der Waals surface area contributed by atoms with Crippen molar-refractivity contribution in [2.45, 2.75) is 0 Å². The molecule has 0 saturated heterocycles. The number of hydrogen-bond acceptors (Lipinski definition) is 4. The molecule has 0 aliphatic heterocycles. The van der Waals surface area contributed by atoms with Crippen molar-refractivity contribution in [2.75, 3.05) is 0 Å². The Kier molecular flexibility index (Phi) is 3.50. The molecule has 0 fully saturated rings. The van der Waals surface area contributed by atoms with Crippen molar-refractivity contribution < 1.29 is 0 Å². The van der Waals surface area contributed by atoms with Crippen LogP contribution in [0.3, 0.4) is 0 Å². The van der Waals surface area contributed by atoms with E-state index in [1.807, 2.05) is 30.5 Å². The molecule has 0 unspecified atom stereocenters. The van der Waals surface area contributed by atoms with Gasteiger partial charge in [-0.2, -0.15) is 5.10 Å². The molecule has 1 aromatic carbocycles. The summed E-state index contributed by atoms with van der Waals surface area (Å²) in [5, 5.41) is 8.09. The zero-order chi connectivity index (χ0) is 11.1. The molecular formula is C12H10N4. The molecule has 78 valence electrons. The van der Waals surface area contributed by atoms with E-state index in [1.165, 1.54) is 17.9 Å². The summed E-state index contributed by atoms with van der Waals surface area (Å²) in [6.45, 7) is 0. The minimum atomic E-state index is 1.06. The topological polar surface area (TPSA) is 51.6 Å². The maximum Gasteiger partial charge on any atom is 0.138 e. The first-order valence-electron chi connectivity index (χ1n) is 4.83. The van der Waals surface area contributed by atoms with Crippen LogP contribution in [0, 0.1) is 0 Å². The van der Waals surface area contributed by atoms with Crippen molar-refractivity contribution in [3.63, 3.8) is 0 Å². The molecule has 4 nitrogen and oxygen atoms in total. The van der Waals surface area contributed by atoms with Crippen LogP contribution in [0.4, 0.5) is 0 Å². The number of benzene rings is 1. The highest BCUT2D eigenvalue weighted by Crippen LogP contribution is 2.07. The van der Waals surface area contributed by atoms with Gasteiger partial charge in [0.05, 0.1) is 11.7 Å². The molecule has 0 aliphatic carbocycles. The summed E-state index contributed by atoms with van der Waals surface area (Å²) in [6.07, 6.45) is 6.30. The van der Waals surface area contributed by atoms with E-state index in [0.717, 1.165) is 5.52 Å². The van der Waals surface area contributed by atoms with E-state index in [-0.39, 0.29) is 0 Å². The van der Waals surface area contributed by atoms with Crippen LogP contribution in [0.1, 0.15) is 0 Å². The van der Waals surface area contributed by atoms with Crippen LogP contribution >= 0.6 is 0 Å². The van der Waals surface area contributed by atoms with Crippen LogP contribution in [-0.2, 0) is 0 Å². The van der Waals surface area contributed by atoms with Crippen LogP contribution in [0.2, 0.25) is 0 Å². The summed E-state index contributed by atoms with van der Waals surface area (Å²) in [5.74, 6) is 0. The summed E-state index contributed by atoms with van der Waals surface area (Å²) >= 11 is 0. The Balaban J connectivity index is 0.000000138. The number of para-hydroxylation sites is 1. The molecule has 0 atom stereocenters. The SMILES string of the molecule is c1ccc2ncccc2c1.c1cnncn1. The lowest BCUT2D eigenvalue weighted by atomic mass is 10.2. The minimum absolute atomic E-state index is 1.06. The van der Waals surface area contributed by atoms with Crippen LogP contribution in [0.25, 0.3) is 10.9 Å². The summed E-state index contributed by atoms with van der Waals surface area (Å²) in [7, 11) is 0. The number of rotatable bonds is 0. The predicted octanol–water partition coefficient (Wildman–Crippen LogP) is 2.11. The molecule has 3 aromatic rings. The fourth-order valence-corrected chi connectivity index (χ4v) is 1.22. The zero-order valence-electron chi connectivity index (χ0n) is 8.56. The Morgan fingerprint density at radius 3 is 2.25 bits per heavy atom. The molecule has 3 rings (SSSR count). The van der Waals surface area contributed by atoms with Gasteiger partial charge in [-0.3, -0.25) is 4.98 Å². The lowest BCUT2D eigenvalue weighted by Crippen LogP contribution is -1.75. The fourth-order valence-electron chi connectivity index (χ4n) is 1.22. The van der Waals surface area contributed by atoms with Crippen LogP contribution in [0.5, 0.6) is 0 Å². The third-order valence-electron chi connectivity index (χ3n) is 1.92. The highest BCUT2D eigenvalue weighted by Gasteiger charge is 1.86. The van der Waals surface area contributed by atoms with Gasteiger partial charge in [-0.25, -0.2) is 4.98 Å². The number of pyridine rings is 1. The molecule has 4 heteroatoms. The summed E-state index contributed by atoms with van der Waals surface area (Å²) in [4.78, 5) is 7.79. The maximum atomic E-state index is 4.18. The average Bonchev–Trinajstić information content (AvgIpc) is 2.42. The first kappa shape index (κ1) is 10.2. The lowest BCUT2D eigenvalue weighted by molar-refractivity contribution is 0.969. The van der Waals surface area contributed by atoms with Crippen LogP contribution < -0.4 is 0 Å². The Hall–Kier alpha value is -2.36. The zero-order valence-corrected chi connectivity index (χ0v) is 8.56. The third kappa shape index (κ3) is 2.81. The van der Waals surface area contributed by atoms with E-state index in [9.17, 15) is 0 Å². The van der Waals surface area contributed by atoms with Gasteiger partial charge in [0, 0.05) is 17.8 Å². The molecule has 0 bridgehead atoms. The highest BCUT2D eigenvalue weighted by atomic mass is 15.1. The van der Waals surface area contributed by atoms with Crippen molar-refractivity contribution in [3.8, 4) is 0 Å². The van der Waals surface area contributed by atoms with E-state index in [2.05, 4.69) is 32.3 Å². The molecule has 0 radical (unpaired) electrons. The fraction of sp³-hybridized carbons (Fsp3) is 0. The number of fused-ring (bicyclic) bond motifs is 1. The van der Waals surface area contributed by atoms with E-state index in [0.29, 0.717) is 0 Å². The molecule has 0 N–H and O–H groups in total. The van der Waals surface area contributed by atoms with Gasteiger partial charge < -0.3 is 0 Å². The molecule has 0 amide bonds. The number of hydrogen-bond donors (Lipinski definition) is 0. The highest BCUT2D eigenvalue weighted by molar-refractivity contribution is 5.77. The Bertz CT molecular complexity index is 447. The van der Waals surface area contributed by atoms with Crippen LogP contribution in [0.15, 0.2) is 61.3 Å². The van der Waals surface area contributed by atoms with Gasteiger partial charge in [0.1, 0.15) is 6.33 Å². The quantitative estimate of drug-likeness (QED) is 0.570. The second-order valence-electron chi connectivity index (χ2n) is 2.99. The van der Waals surface area contributed by atoms with Crippen molar-refractivity contribution in [2.24, 2.45) is 0 Å². The van der Waals surface area contributed by atoms with Crippen molar-refractivity contribution in [3.05, 3.63) is 61.3 Å². The molecule has 0 saturated carbocycles. The van der Waals surface area contributed by atoms with Gasteiger partial charge in [0.2, 0.25) is 0 Å². The van der Waals surface area contributed by atoms with Crippen molar-refractivity contribution >= 4 is 10.9 Å².